The number of hydrogen-bond acceptors (Lipinski definition) is 5. The normalized spacial score (nSPS) is 13.0. The first-order valence-corrected chi connectivity index (χ1v) is 7.85. The highest BCUT2D eigenvalue weighted by atomic mass is 19.1. The summed E-state index contributed by atoms with van der Waals surface area (Å²) in [5.41, 5.74) is 4.67. The molecule has 9 heteroatoms. The minimum Gasteiger partial charge on any atom is -0.377 e. The molecule has 8 nitrogen and oxygen atoms in total. The lowest BCUT2D eigenvalue weighted by Crippen LogP contribution is -2.41. The van der Waals surface area contributed by atoms with Crippen LogP contribution in [0.1, 0.15) is 33.6 Å². The third kappa shape index (κ3) is 4.12. The second-order valence-corrected chi connectivity index (χ2v) is 5.82. The highest BCUT2D eigenvalue weighted by Gasteiger charge is 2.25. The fourth-order valence-corrected chi connectivity index (χ4v) is 2.25. The second-order valence-electron chi connectivity index (χ2n) is 5.82. The van der Waals surface area contributed by atoms with Crippen molar-refractivity contribution in [3.8, 4) is 0 Å². The summed E-state index contributed by atoms with van der Waals surface area (Å²) in [7, 11) is 0. The first kappa shape index (κ1) is 17.3. The zero-order valence-corrected chi connectivity index (χ0v) is 13.5. The van der Waals surface area contributed by atoms with Gasteiger partial charge in [-0.1, -0.05) is 0 Å². The highest BCUT2D eigenvalue weighted by Crippen LogP contribution is 2.31. The molecular formula is C17H15FN4O4. The van der Waals surface area contributed by atoms with Crippen molar-refractivity contribution in [2.45, 2.75) is 18.9 Å². The average molecular weight is 358 g/mol. The third-order valence-electron chi connectivity index (χ3n) is 3.79. The number of carbonyl (C=O) groups is 2. The summed E-state index contributed by atoms with van der Waals surface area (Å²) < 4.78 is 12.8. The van der Waals surface area contributed by atoms with Gasteiger partial charge in [0.25, 0.3) is 17.5 Å². The number of nitrogens with zero attached hydrogens (tertiary/aromatic N) is 1. The molecule has 0 unspecified atom stereocenters. The van der Waals surface area contributed by atoms with Crippen molar-refractivity contribution in [2.75, 3.05) is 5.32 Å². The van der Waals surface area contributed by atoms with Crippen LogP contribution in [0.5, 0.6) is 0 Å². The summed E-state index contributed by atoms with van der Waals surface area (Å²) in [5.74, 6) is -1.83. The molecule has 1 aliphatic rings. The molecule has 0 radical (unpaired) electrons. The summed E-state index contributed by atoms with van der Waals surface area (Å²) >= 11 is 0. The van der Waals surface area contributed by atoms with Gasteiger partial charge in [0.05, 0.1) is 4.92 Å². The number of hydrogen-bond donors (Lipinski definition) is 3. The number of nitro groups is 1. The SMILES string of the molecule is O=C(NNC(=O)c1ccc(NC2CC2)c([N+](=O)[O-])c1)c1ccc(F)cc1. The van der Waals surface area contributed by atoms with Crippen LogP contribution in [0, 0.1) is 15.9 Å². The van der Waals surface area contributed by atoms with E-state index in [1.807, 2.05) is 0 Å². The van der Waals surface area contributed by atoms with Crippen LogP contribution in [-0.4, -0.2) is 22.8 Å². The molecule has 0 spiro atoms. The van der Waals surface area contributed by atoms with E-state index in [9.17, 15) is 24.1 Å². The molecule has 0 saturated heterocycles. The van der Waals surface area contributed by atoms with E-state index in [0.29, 0.717) is 5.69 Å². The van der Waals surface area contributed by atoms with Crippen LogP contribution < -0.4 is 16.2 Å². The van der Waals surface area contributed by atoms with Gasteiger partial charge in [-0.25, -0.2) is 4.39 Å². The van der Waals surface area contributed by atoms with E-state index in [0.717, 1.165) is 31.0 Å². The van der Waals surface area contributed by atoms with Gasteiger partial charge < -0.3 is 5.32 Å². The van der Waals surface area contributed by atoms with Crippen LogP contribution in [-0.2, 0) is 0 Å². The summed E-state index contributed by atoms with van der Waals surface area (Å²) in [6.45, 7) is 0. The Morgan fingerprint density at radius 1 is 1.00 bits per heavy atom. The maximum absolute atomic E-state index is 12.8. The zero-order valence-electron chi connectivity index (χ0n) is 13.5. The van der Waals surface area contributed by atoms with E-state index in [2.05, 4.69) is 16.2 Å². The van der Waals surface area contributed by atoms with E-state index >= 15 is 0 Å². The van der Waals surface area contributed by atoms with Crippen LogP contribution in [0.4, 0.5) is 15.8 Å². The lowest BCUT2D eigenvalue weighted by Gasteiger charge is -2.09. The predicted molar refractivity (Wildman–Crippen MR) is 91.1 cm³/mol. The van der Waals surface area contributed by atoms with Crippen LogP contribution in [0.2, 0.25) is 0 Å². The fraction of sp³-hybridized carbons (Fsp3) is 0.176. The lowest BCUT2D eigenvalue weighted by molar-refractivity contribution is -0.384. The summed E-state index contributed by atoms with van der Waals surface area (Å²) in [4.78, 5) is 34.6. The first-order valence-electron chi connectivity index (χ1n) is 7.85. The fourth-order valence-electron chi connectivity index (χ4n) is 2.25. The Balaban J connectivity index is 1.67. The number of amides is 2. The number of halogens is 1. The number of hydrazine groups is 1. The van der Waals surface area contributed by atoms with E-state index in [-0.39, 0.29) is 22.9 Å². The van der Waals surface area contributed by atoms with Crippen molar-refractivity contribution >= 4 is 23.2 Å². The molecule has 26 heavy (non-hydrogen) atoms. The molecule has 0 aromatic heterocycles. The Bertz CT molecular complexity index is 866. The number of carbonyl (C=O) groups excluding carboxylic acids is 2. The molecule has 1 saturated carbocycles. The van der Waals surface area contributed by atoms with Gasteiger partial charge in [-0.2, -0.15) is 0 Å². The highest BCUT2D eigenvalue weighted by molar-refractivity contribution is 5.99. The van der Waals surface area contributed by atoms with Crippen molar-refractivity contribution in [3.05, 3.63) is 69.5 Å². The Kier molecular flexibility index (Phi) is 4.78. The monoisotopic (exact) mass is 358 g/mol. The Morgan fingerprint density at radius 2 is 1.58 bits per heavy atom. The summed E-state index contributed by atoms with van der Waals surface area (Å²) in [6, 6.07) is 9.02. The number of benzene rings is 2. The minimum absolute atomic E-state index is 0.0254. The standard InChI is InChI=1S/C17H15FN4O4/c18-12-4-1-10(2-5-12)16(23)20-21-17(24)11-3-8-14(19-13-6-7-13)15(9-11)22(25)26/h1-5,8-9,13,19H,6-7H2,(H,20,23)(H,21,24). The largest absolute Gasteiger partial charge is 0.377 e. The maximum Gasteiger partial charge on any atom is 0.293 e. The van der Waals surface area contributed by atoms with Gasteiger partial charge in [0.1, 0.15) is 11.5 Å². The van der Waals surface area contributed by atoms with E-state index in [4.69, 9.17) is 0 Å². The number of nitrogens with one attached hydrogen (secondary N) is 3. The molecular weight excluding hydrogens is 343 g/mol. The van der Waals surface area contributed by atoms with Gasteiger partial charge in [-0.15, -0.1) is 0 Å². The Labute approximate surface area is 147 Å². The maximum atomic E-state index is 12.8. The molecule has 134 valence electrons. The minimum atomic E-state index is -0.707. The molecule has 3 rings (SSSR count). The van der Waals surface area contributed by atoms with Crippen molar-refractivity contribution < 1.29 is 18.9 Å². The molecule has 0 atom stereocenters. The summed E-state index contributed by atoms with van der Waals surface area (Å²) in [5, 5.41) is 14.2. The molecule has 1 aliphatic carbocycles. The van der Waals surface area contributed by atoms with Crippen LogP contribution >= 0.6 is 0 Å². The smallest absolute Gasteiger partial charge is 0.293 e. The van der Waals surface area contributed by atoms with Crippen molar-refractivity contribution in [3.63, 3.8) is 0 Å². The molecule has 0 heterocycles. The molecule has 2 amide bonds. The second kappa shape index (κ2) is 7.18. The first-order chi connectivity index (χ1) is 12.4. The van der Waals surface area contributed by atoms with Crippen molar-refractivity contribution in [2.24, 2.45) is 0 Å². The van der Waals surface area contributed by atoms with E-state index in [1.165, 1.54) is 24.3 Å². The van der Waals surface area contributed by atoms with Gasteiger partial charge in [0.2, 0.25) is 0 Å². The van der Waals surface area contributed by atoms with Crippen molar-refractivity contribution in [1.82, 2.24) is 10.9 Å². The lowest BCUT2D eigenvalue weighted by atomic mass is 10.1. The van der Waals surface area contributed by atoms with E-state index < -0.39 is 22.6 Å². The molecule has 1 fully saturated rings. The van der Waals surface area contributed by atoms with Gasteiger partial charge >= 0.3 is 0 Å². The molecule has 2 aromatic carbocycles. The number of anilines is 1. The number of rotatable bonds is 5. The molecule has 2 aromatic rings. The molecule has 0 aliphatic heterocycles. The van der Waals surface area contributed by atoms with Gasteiger partial charge in [-0.3, -0.25) is 30.6 Å². The average Bonchev–Trinajstić information content (AvgIpc) is 3.44. The van der Waals surface area contributed by atoms with E-state index in [1.54, 1.807) is 0 Å². The summed E-state index contributed by atoms with van der Waals surface area (Å²) in [6.07, 6.45) is 1.91. The molecule has 3 N–H and O–H groups in total. The van der Waals surface area contributed by atoms with Crippen LogP contribution in [0.15, 0.2) is 42.5 Å². The zero-order chi connectivity index (χ0) is 18.7. The van der Waals surface area contributed by atoms with Gasteiger partial charge in [0.15, 0.2) is 0 Å². The van der Waals surface area contributed by atoms with Gasteiger partial charge in [-0.05, 0) is 49.2 Å². The van der Waals surface area contributed by atoms with Gasteiger partial charge in [0, 0.05) is 23.2 Å². The Hall–Kier alpha value is -3.49. The third-order valence-corrected chi connectivity index (χ3v) is 3.79. The number of nitro benzene ring substituents is 1. The topological polar surface area (TPSA) is 113 Å². The molecule has 0 bridgehead atoms. The van der Waals surface area contributed by atoms with Crippen molar-refractivity contribution in [1.29, 1.82) is 0 Å². The van der Waals surface area contributed by atoms with Crippen LogP contribution in [0.3, 0.4) is 0 Å². The van der Waals surface area contributed by atoms with Crippen LogP contribution in [0.25, 0.3) is 0 Å². The predicted octanol–water partition coefficient (Wildman–Crippen LogP) is 2.38. The Morgan fingerprint density at radius 3 is 2.15 bits per heavy atom. The quantitative estimate of drug-likeness (QED) is 0.561.